The van der Waals surface area contributed by atoms with E-state index in [9.17, 15) is 9.59 Å². The molecule has 5 heteroatoms. The summed E-state index contributed by atoms with van der Waals surface area (Å²) in [5.41, 5.74) is 1.37. The number of carbonyl (C=O) groups excluding carboxylic acids is 1. The Labute approximate surface area is 98.2 Å². The first-order valence-electron chi connectivity index (χ1n) is 5.25. The lowest BCUT2D eigenvalue weighted by Gasteiger charge is -2.11. The number of aryl methyl sites for hydroxylation is 1. The number of halogens is 1. The van der Waals surface area contributed by atoms with Gasteiger partial charge in [-0.3, -0.25) is 9.59 Å². The largest absolute Gasteiger partial charge is 0.352 e. The highest BCUT2D eigenvalue weighted by Gasteiger charge is 2.17. The van der Waals surface area contributed by atoms with Gasteiger partial charge in [0.2, 0.25) is 5.91 Å². The minimum Gasteiger partial charge on any atom is -0.352 e. The second-order valence-electron chi connectivity index (χ2n) is 3.93. The minimum absolute atomic E-state index is 0.0908. The van der Waals surface area contributed by atoms with Gasteiger partial charge in [0.05, 0.1) is 5.56 Å². The quantitative estimate of drug-likeness (QED) is 0.787. The van der Waals surface area contributed by atoms with Crippen LogP contribution >= 0.6 is 11.6 Å². The highest BCUT2D eigenvalue weighted by molar-refractivity contribution is 6.30. The molecule has 4 nitrogen and oxygen atoms in total. The van der Waals surface area contributed by atoms with Gasteiger partial charge >= 0.3 is 0 Å². The van der Waals surface area contributed by atoms with Crippen LogP contribution in [0.2, 0.25) is 5.15 Å². The Morgan fingerprint density at radius 3 is 3.06 bits per heavy atom. The van der Waals surface area contributed by atoms with Crippen LogP contribution in [-0.4, -0.2) is 10.5 Å². The van der Waals surface area contributed by atoms with Gasteiger partial charge in [0.15, 0.2) is 5.43 Å². The van der Waals surface area contributed by atoms with Gasteiger partial charge < -0.3 is 9.88 Å². The molecule has 0 unspecified atom stereocenters. The zero-order valence-electron chi connectivity index (χ0n) is 9.05. The summed E-state index contributed by atoms with van der Waals surface area (Å²) in [4.78, 5) is 22.6. The van der Waals surface area contributed by atoms with Crippen molar-refractivity contribution in [3.63, 3.8) is 0 Å². The van der Waals surface area contributed by atoms with Crippen molar-refractivity contribution in [3.05, 3.63) is 32.7 Å². The van der Waals surface area contributed by atoms with Crippen molar-refractivity contribution in [1.29, 1.82) is 0 Å². The SMILES string of the molecule is CC(=O)NCc1c(Cl)n2c(cc1=O)CCC2. The van der Waals surface area contributed by atoms with Gasteiger partial charge in [0.25, 0.3) is 0 Å². The van der Waals surface area contributed by atoms with Crippen LogP contribution in [0, 0.1) is 0 Å². The standard InChI is InChI=1S/C11H13ClN2O2/c1-7(15)13-6-9-10(16)5-8-3-2-4-14(8)11(9)12/h5H,2-4,6H2,1H3,(H,13,15). The molecule has 0 saturated heterocycles. The van der Waals surface area contributed by atoms with E-state index >= 15 is 0 Å². The number of nitrogens with zero attached hydrogens (tertiary/aromatic N) is 1. The van der Waals surface area contributed by atoms with Crippen LogP contribution in [0.4, 0.5) is 0 Å². The zero-order chi connectivity index (χ0) is 11.7. The summed E-state index contributed by atoms with van der Waals surface area (Å²) in [7, 11) is 0. The lowest BCUT2D eigenvalue weighted by atomic mass is 10.2. The van der Waals surface area contributed by atoms with E-state index in [1.165, 1.54) is 6.92 Å². The van der Waals surface area contributed by atoms with Crippen LogP contribution in [0.5, 0.6) is 0 Å². The fourth-order valence-corrected chi connectivity index (χ4v) is 2.30. The molecule has 0 bridgehead atoms. The van der Waals surface area contributed by atoms with Crippen molar-refractivity contribution in [1.82, 2.24) is 9.88 Å². The van der Waals surface area contributed by atoms with Crippen LogP contribution < -0.4 is 10.7 Å². The molecule has 0 fully saturated rings. The molecule has 0 atom stereocenters. The number of aromatic nitrogens is 1. The summed E-state index contributed by atoms with van der Waals surface area (Å²) in [6.07, 6.45) is 1.91. The molecule has 2 rings (SSSR count). The Morgan fingerprint density at radius 2 is 2.38 bits per heavy atom. The topological polar surface area (TPSA) is 51.1 Å². The summed E-state index contributed by atoms with van der Waals surface area (Å²) in [5, 5.41) is 3.06. The summed E-state index contributed by atoms with van der Waals surface area (Å²) < 4.78 is 1.94. The van der Waals surface area contributed by atoms with E-state index in [2.05, 4.69) is 5.32 Å². The molecule has 0 saturated carbocycles. The van der Waals surface area contributed by atoms with Gasteiger partial charge in [0.1, 0.15) is 5.15 Å². The molecule has 0 spiro atoms. The number of carbonyl (C=O) groups is 1. The van der Waals surface area contributed by atoms with E-state index in [1.54, 1.807) is 6.07 Å². The number of hydrogen-bond donors (Lipinski definition) is 1. The Hall–Kier alpha value is -1.29. The second kappa shape index (κ2) is 4.29. The van der Waals surface area contributed by atoms with Crippen molar-refractivity contribution < 1.29 is 4.79 Å². The maximum atomic E-state index is 11.8. The van der Waals surface area contributed by atoms with Gasteiger partial charge in [0, 0.05) is 31.8 Å². The monoisotopic (exact) mass is 240 g/mol. The molecule has 1 N–H and O–H groups in total. The Bertz CT molecular complexity index is 493. The normalized spacial score (nSPS) is 13.6. The molecule has 86 valence electrons. The molecular formula is C11H13ClN2O2. The van der Waals surface area contributed by atoms with E-state index in [0.717, 1.165) is 25.1 Å². The van der Waals surface area contributed by atoms with E-state index in [4.69, 9.17) is 11.6 Å². The first-order chi connectivity index (χ1) is 7.59. The molecule has 1 aromatic rings. The molecule has 2 heterocycles. The van der Waals surface area contributed by atoms with Crippen LogP contribution in [-0.2, 0) is 24.3 Å². The summed E-state index contributed by atoms with van der Waals surface area (Å²) in [5.74, 6) is -0.166. The van der Waals surface area contributed by atoms with Crippen molar-refractivity contribution in [3.8, 4) is 0 Å². The molecule has 1 aliphatic rings. The van der Waals surface area contributed by atoms with Gasteiger partial charge in [-0.1, -0.05) is 11.6 Å². The van der Waals surface area contributed by atoms with Crippen LogP contribution in [0.25, 0.3) is 0 Å². The molecule has 1 aromatic heterocycles. The van der Waals surface area contributed by atoms with E-state index in [1.807, 2.05) is 4.57 Å². The third kappa shape index (κ3) is 1.97. The predicted octanol–water partition coefficient (Wildman–Crippen LogP) is 1.08. The predicted molar refractivity (Wildman–Crippen MR) is 61.6 cm³/mol. The second-order valence-corrected chi connectivity index (χ2v) is 4.29. The summed E-state index contributed by atoms with van der Waals surface area (Å²) in [6.45, 7) is 2.47. The molecule has 0 aromatic carbocycles. The Kier molecular flexibility index (Phi) is 3.01. The molecule has 0 radical (unpaired) electrons. The zero-order valence-corrected chi connectivity index (χ0v) is 9.80. The van der Waals surface area contributed by atoms with Crippen molar-refractivity contribution in [2.45, 2.75) is 32.9 Å². The molecule has 0 aliphatic carbocycles. The van der Waals surface area contributed by atoms with Crippen LogP contribution in [0.15, 0.2) is 10.9 Å². The third-order valence-corrected chi connectivity index (χ3v) is 3.19. The van der Waals surface area contributed by atoms with Crippen molar-refractivity contribution in [2.75, 3.05) is 0 Å². The highest BCUT2D eigenvalue weighted by atomic mass is 35.5. The molecule has 1 amide bonds. The first-order valence-corrected chi connectivity index (χ1v) is 5.63. The van der Waals surface area contributed by atoms with E-state index in [-0.39, 0.29) is 17.9 Å². The first kappa shape index (κ1) is 11.2. The smallest absolute Gasteiger partial charge is 0.217 e. The minimum atomic E-state index is -0.166. The van der Waals surface area contributed by atoms with Gasteiger partial charge in [-0.15, -0.1) is 0 Å². The van der Waals surface area contributed by atoms with Gasteiger partial charge in [-0.05, 0) is 12.8 Å². The van der Waals surface area contributed by atoms with Gasteiger partial charge in [-0.25, -0.2) is 0 Å². The average Bonchev–Trinajstić information content (AvgIpc) is 2.64. The molecule has 16 heavy (non-hydrogen) atoms. The number of rotatable bonds is 2. The number of fused-ring (bicyclic) bond motifs is 1. The average molecular weight is 241 g/mol. The molecule has 1 aliphatic heterocycles. The lowest BCUT2D eigenvalue weighted by Crippen LogP contribution is -2.25. The fourth-order valence-electron chi connectivity index (χ4n) is 1.95. The number of pyridine rings is 1. The summed E-state index contributed by atoms with van der Waals surface area (Å²) in [6, 6.07) is 1.62. The number of amides is 1. The summed E-state index contributed by atoms with van der Waals surface area (Å²) >= 11 is 6.15. The number of hydrogen-bond acceptors (Lipinski definition) is 2. The fraction of sp³-hybridized carbons (Fsp3) is 0.455. The Balaban J connectivity index is 2.38. The van der Waals surface area contributed by atoms with Gasteiger partial charge in [-0.2, -0.15) is 0 Å². The Morgan fingerprint density at radius 1 is 1.62 bits per heavy atom. The maximum Gasteiger partial charge on any atom is 0.217 e. The van der Waals surface area contributed by atoms with E-state index in [0.29, 0.717) is 10.7 Å². The number of nitrogens with one attached hydrogen (secondary N) is 1. The van der Waals surface area contributed by atoms with Crippen LogP contribution in [0.1, 0.15) is 24.6 Å². The maximum absolute atomic E-state index is 11.8. The van der Waals surface area contributed by atoms with Crippen LogP contribution in [0.3, 0.4) is 0 Å². The van der Waals surface area contributed by atoms with Crippen molar-refractivity contribution in [2.24, 2.45) is 0 Å². The third-order valence-electron chi connectivity index (χ3n) is 2.76. The lowest BCUT2D eigenvalue weighted by molar-refractivity contribution is -0.119. The van der Waals surface area contributed by atoms with E-state index < -0.39 is 0 Å². The highest BCUT2D eigenvalue weighted by Crippen LogP contribution is 2.21. The van der Waals surface area contributed by atoms with Crippen molar-refractivity contribution >= 4 is 17.5 Å². The molecular weight excluding hydrogens is 228 g/mol.